The molecule has 1 amide bonds. The van der Waals surface area contributed by atoms with Crippen molar-refractivity contribution >= 4 is 5.91 Å². The molecule has 0 aliphatic heterocycles. The summed E-state index contributed by atoms with van der Waals surface area (Å²) in [4.78, 5) is 14.1. The number of benzene rings is 1. The minimum Gasteiger partial charge on any atom is -0.345 e. The predicted octanol–water partition coefficient (Wildman–Crippen LogP) is 3.99. The molecule has 0 aliphatic rings. The molecule has 118 valence electrons. The van der Waals surface area contributed by atoms with Gasteiger partial charge in [-0.1, -0.05) is 36.8 Å². The molecule has 0 spiro atoms. The zero-order valence-electron chi connectivity index (χ0n) is 14.0. The fraction of sp³-hybridized carbons (Fsp3) is 0.421. The van der Waals surface area contributed by atoms with Gasteiger partial charge < -0.3 is 9.47 Å². The Bertz CT molecular complexity index is 628. The summed E-state index contributed by atoms with van der Waals surface area (Å²) in [6.07, 6.45) is 2.64. The second-order valence-electron chi connectivity index (χ2n) is 6.09. The average Bonchev–Trinajstić information content (AvgIpc) is 2.90. The van der Waals surface area contributed by atoms with Gasteiger partial charge in [-0.15, -0.1) is 0 Å². The Kier molecular flexibility index (Phi) is 5.42. The van der Waals surface area contributed by atoms with Gasteiger partial charge in [0.1, 0.15) is 0 Å². The van der Waals surface area contributed by atoms with E-state index in [4.69, 9.17) is 0 Å². The lowest BCUT2D eigenvalue weighted by Crippen LogP contribution is -2.36. The van der Waals surface area contributed by atoms with E-state index in [-0.39, 0.29) is 11.9 Å². The number of hydrogen-bond acceptors (Lipinski definition) is 1. The molecule has 3 heteroatoms. The molecule has 0 saturated carbocycles. The first-order chi connectivity index (χ1) is 10.5. The molecule has 0 fully saturated rings. The highest BCUT2D eigenvalue weighted by Gasteiger charge is 2.17. The number of hydrogen-bond donors (Lipinski definition) is 0. The fourth-order valence-corrected chi connectivity index (χ4v) is 2.69. The second kappa shape index (κ2) is 7.30. The van der Waals surface area contributed by atoms with Crippen LogP contribution in [0.15, 0.2) is 42.6 Å². The van der Waals surface area contributed by atoms with E-state index in [1.807, 2.05) is 11.8 Å². The Morgan fingerprint density at radius 1 is 1.23 bits per heavy atom. The Balaban J connectivity index is 2.16. The smallest absolute Gasteiger partial charge is 0.222 e. The maximum atomic E-state index is 12.1. The number of aryl methyl sites for hydroxylation is 1. The zero-order chi connectivity index (χ0) is 16.1. The number of amides is 1. The lowest BCUT2D eigenvalue weighted by atomic mass is 10.1. The van der Waals surface area contributed by atoms with Crippen molar-refractivity contribution in [3.63, 3.8) is 0 Å². The van der Waals surface area contributed by atoms with Gasteiger partial charge in [-0.2, -0.15) is 0 Å². The third-order valence-corrected chi connectivity index (χ3v) is 3.94. The third-order valence-electron chi connectivity index (χ3n) is 3.94. The van der Waals surface area contributed by atoms with Crippen molar-refractivity contribution in [1.29, 1.82) is 0 Å². The van der Waals surface area contributed by atoms with Crippen molar-refractivity contribution in [2.45, 2.75) is 53.2 Å². The monoisotopic (exact) mass is 298 g/mol. The third kappa shape index (κ3) is 4.00. The molecule has 1 aromatic heterocycles. The Labute approximate surface area is 133 Å². The molecule has 22 heavy (non-hydrogen) atoms. The summed E-state index contributed by atoms with van der Waals surface area (Å²) >= 11 is 0. The normalized spacial score (nSPS) is 11.0. The summed E-state index contributed by atoms with van der Waals surface area (Å²) < 4.78 is 2.23. The van der Waals surface area contributed by atoms with Crippen LogP contribution in [0.1, 0.15) is 44.0 Å². The molecule has 2 aromatic rings. The lowest BCUT2D eigenvalue weighted by Gasteiger charge is -2.27. The minimum absolute atomic E-state index is 0.207. The van der Waals surface area contributed by atoms with E-state index in [0.717, 1.165) is 6.54 Å². The summed E-state index contributed by atoms with van der Waals surface area (Å²) in [5, 5.41) is 0. The molecule has 1 heterocycles. The van der Waals surface area contributed by atoms with E-state index in [1.165, 1.54) is 16.8 Å². The van der Waals surface area contributed by atoms with Crippen molar-refractivity contribution in [3.05, 3.63) is 59.4 Å². The zero-order valence-corrected chi connectivity index (χ0v) is 14.0. The van der Waals surface area contributed by atoms with Crippen LogP contribution in [0, 0.1) is 6.92 Å². The molecule has 2 rings (SSSR count). The maximum Gasteiger partial charge on any atom is 0.222 e. The van der Waals surface area contributed by atoms with Crippen molar-refractivity contribution in [3.8, 4) is 0 Å². The van der Waals surface area contributed by atoms with Crippen molar-refractivity contribution in [1.82, 2.24) is 9.47 Å². The number of rotatable bonds is 6. The first-order valence-corrected chi connectivity index (χ1v) is 8.00. The van der Waals surface area contributed by atoms with E-state index < -0.39 is 0 Å². The highest BCUT2D eigenvalue weighted by atomic mass is 16.2. The summed E-state index contributed by atoms with van der Waals surface area (Å²) in [5.41, 5.74) is 3.74. The number of carbonyl (C=O) groups is 1. The van der Waals surface area contributed by atoms with E-state index in [2.05, 4.69) is 67.9 Å². The summed E-state index contributed by atoms with van der Waals surface area (Å²) in [6.45, 7) is 9.69. The van der Waals surface area contributed by atoms with E-state index in [0.29, 0.717) is 13.0 Å². The topological polar surface area (TPSA) is 25.2 Å². The highest BCUT2D eigenvalue weighted by Crippen LogP contribution is 2.14. The number of aromatic nitrogens is 1. The van der Waals surface area contributed by atoms with Crippen LogP contribution in [-0.4, -0.2) is 21.4 Å². The van der Waals surface area contributed by atoms with Crippen molar-refractivity contribution < 1.29 is 4.79 Å². The van der Waals surface area contributed by atoms with Crippen LogP contribution < -0.4 is 0 Å². The summed E-state index contributed by atoms with van der Waals surface area (Å²) in [5.74, 6) is 0.207. The molecule has 3 nitrogen and oxygen atoms in total. The number of carbonyl (C=O) groups excluding carboxylic acids is 1. The van der Waals surface area contributed by atoms with E-state index >= 15 is 0 Å². The van der Waals surface area contributed by atoms with Gasteiger partial charge in [0, 0.05) is 30.9 Å². The van der Waals surface area contributed by atoms with Gasteiger partial charge in [-0.25, -0.2) is 0 Å². The van der Waals surface area contributed by atoms with Crippen molar-refractivity contribution in [2.75, 3.05) is 0 Å². The predicted molar refractivity (Wildman–Crippen MR) is 90.7 cm³/mol. The second-order valence-corrected chi connectivity index (χ2v) is 6.09. The quantitative estimate of drug-likeness (QED) is 0.791. The summed E-state index contributed by atoms with van der Waals surface area (Å²) in [7, 11) is 0. The van der Waals surface area contributed by atoms with Gasteiger partial charge in [-0.05, 0) is 38.5 Å². The van der Waals surface area contributed by atoms with E-state index in [9.17, 15) is 4.79 Å². The van der Waals surface area contributed by atoms with Crippen LogP contribution in [0.3, 0.4) is 0 Å². The standard InChI is InChI=1S/C19H26N2O/c1-5-19(22)21(15(2)3)14-18-10-7-11-20(18)13-17-9-6-8-16(4)12-17/h6-12,15H,5,13-14H2,1-4H3. The molecular formula is C19H26N2O. The Morgan fingerprint density at radius 2 is 2.00 bits per heavy atom. The van der Waals surface area contributed by atoms with Gasteiger partial charge in [0.05, 0.1) is 6.54 Å². The maximum absolute atomic E-state index is 12.1. The van der Waals surface area contributed by atoms with E-state index in [1.54, 1.807) is 0 Å². The van der Waals surface area contributed by atoms with Crippen LogP contribution in [0.4, 0.5) is 0 Å². The van der Waals surface area contributed by atoms with Crippen LogP contribution in [0.25, 0.3) is 0 Å². The van der Waals surface area contributed by atoms with Crippen LogP contribution >= 0.6 is 0 Å². The fourth-order valence-electron chi connectivity index (χ4n) is 2.69. The molecule has 0 saturated heterocycles. The lowest BCUT2D eigenvalue weighted by molar-refractivity contribution is -0.133. The Hall–Kier alpha value is -2.03. The van der Waals surface area contributed by atoms with Gasteiger partial charge in [-0.3, -0.25) is 4.79 Å². The van der Waals surface area contributed by atoms with Gasteiger partial charge in [0.2, 0.25) is 5.91 Å². The van der Waals surface area contributed by atoms with Gasteiger partial charge >= 0.3 is 0 Å². The summed E-state index contributed by atoms with van der Waals surface area (Å²) in [6, 6.07) is 12.9. The highest BCUT2D eigenvalue weighted by molar-refractivity contribution is 5.76. The number of nitrogens with zero attached hydrogens (tertiary/aromatic N) is 2. The SMILES string of the molecule is CCC(=O)N(Cc1cccn1Cc1cccc(C)c1)C(C)C. The molecule has 0 aliphatic carbocycles. The molecule has 1 aromatic carbocycles. The van der Waals surface area contributed by atoms with Gasteiger partial charge in [0.25, 0.3) is 0 Å². The molecule has 0 N–H and O–H groups in total. The largest absolute Gasteiger partial charge is 0.345 e. The first kappa shape index (κ1) is 16.3. The average molecular weight is 298 g/mol. The molecule has 0 atom stereocenters. The first-order valence-electron chi connectivity index (χ1n) is 8.00. The van der Waals surface area contributed by atoms with Crippen molar-refractivity contribution in [2.24, 2.45) is 0 Å². The molecular weight excluding hydrogens is 272 g/mol. The Morgan fingerprint density at radius 3 is 2.64 bits per heavy atom. The van der Waals surface area contributed by atoms with Gasteiger partial charge in [0.15, 0.2) is 0 Å². The minimum atomic E-state index is 0.207. The molecule has 0 radical (unpaired) electrons. The van der Waals surface area contributed by atoms with Crippen LogP contribution in [0.5, 0.6) is 0 Å². The van der Waals surface area contributed by atoms with Crippen LogP contribution in [0.2, 0.25) is 0 Å². The molecule has 0 unspecified atom stereocenters. The van der Waals surface area contributed by atoms with Crippen LogP contribution in [-0.2, 0) is 17.9 Å². The molecule has 0 bridgehead atoms.